The number of aryl methyl sites for hydroxylation is 1. The van der Waals surface area contributed by atoms with E-state index >= 15 is 0 Å². The van der Waals surface area contributed by atoms with Crippen LogP contribution in [-0.2, 0) is 4.74 Å². The lowest BCUT2D eigenvalue weighted by Crippen LogP contribution is -2.64. The minimum absolute atomic E-state index is 0.0212. The molecular formula is C26H29N3O4. The summed E-state index contributed by atoms with van der Waals surface area (Å²) in [5.74, 6) is 1.00. The van der Waals surface area contributed by atoms with Gasteiger partial charge in [0.2, 0.25) is 0 Å². The first-order valence-corrected chi connectivity index (χ1v) is 12.0. The molecule has 1 saturated heterocycles. The molecule has 7 nitrogen and oxygen atoms in total. The number of para-hydroxylation sites is 1. The molecule has 2 fully saturated rings. The molecule has 1 saturated carbocycles. The van der Waals surface area contributed by atoms with Gasteiger partial charge >= 0.3 is 0 Å². The van der Waals surface area contributed by atoms with Gasteiger partial charge < -0.3 is 14.5 Å². The maximum Gasteiger partial charge on any atom is 0.269 e. The number of hydrogen-bond donors (Lipinski definition) is 1. The van der Waals surface area contributed by atoms with Crippen molar-refractivity contribution in [3.8, 4) is 5.75 Å². The fourth-order valence-electron chi connectivity index (χ4n) is 6.55. The van der Waals surface area contributed by atoms with Gasteiger partial charge in [-0.2, -0.15) is 0 Å². The Labute approximate surface area is 192 Å². The van der Waals surface area contributed by atoms with Crippen molar-refractivity contribution < 1.29 is 14.4 Å². The third kappa shape index (κ3) is 3.17. The molecule has 2 aliphatic heterocycles. The number of nitro benzene ring substituents is 1. The lowest BCUT2D eigenvalue weighted by atomic mass is 9.66. The average Bonchev–Trinajstić information content (AvgIpc) is 3.18. The van der Waals surface area contributed by atoms with E-state index in [1.54, 1.807) is 12.1 Å². The Balaban J connectivity index is 1.60. The second kappa shape index (κ2) is 7.85. The lowest BCUT2D eigenvalue weighted by molar-refractivity contribution is -0.385. The fraction of sp³-hybridized carbons (Fsp3) is 0.462. The van der Waals surface area contributed by atoms with E-state index in [2.05, 4.69) is 35.0 Å². The van der Waals surface area contributed by atoms with Crippen LogP contribution in [0.25, 0.3) is 10.9 Å². The monoisotopic (exact) mass is 447 g/mol. The maximum absolute atomic E-state index is 11.7. The number of nitrogens with zero attached hydrogens (tertiary/aromatic N) is 2. The molecule has 6 rings (SSSR count). The Morgan fingerprint density at radius 1 is 1.15 bits per heavy atom. The first-order chi connectivity index (χ1) is 16.1. The van der Waals surface area contributed by atoms with Crippen LogP contribution in [0.1, 0.15) is 48.4 Å². The molecule has 1 aliphatic carbocycles. The van der Waals surface area contributed by atoms with Gasteiger partial charge in [0.05, 0.1) is 18.1 Å². The molecule has 0 unspecified atom stereocenters. The SMILES string of the molecule is Cc1[nH]c2ccccc2c1[C@@H]1c2cc([N+](=O)[O-])ccc2O[C@@]2(N3CCOCC3)CCCC[C@H]12. The quantitative estimate of drug-likeness (QED) is 0.445. The predicted molar refractivity (Wildman–Crippen MR) is 126 cm³/mol. The standard InChI is InChI=1S/C26H29N3O4/c1-17-24(19-6-2-3-8-22(19)27-17)25-20-16-18(29(30)31)9-10-23(20)33-26(11-5-4-7-21(25)26)28-12-14-32-15-13-28/h2-3,6,8-10,16,21,25,27H,4-5,7,11-15H2,1H3/t21-,25-,26+/m1/s1. The largest absolute Gasteiger partial charge is 0.472 e. The van der Waals surface area contributed by atoms with Crippen LogP contribution in [0.2, 0.25) is 0 Å². The molecule has 2 aromatic carbocycles. The molecular weight excluding hydrogens is 418 g/mol. The minimum Gasteiger partial charge on any atom is -0.472 e. The number of benzene rings is 2. The van der Waals surface area contributed by atoms with E-state index < -0.39 is 5.72 Å². The van der Waals surface area contributed by atoms with Crippen LogP contribution in [0.3, 0.4) is 0 Å². The molecule has 3 heterocycles. The highest BCUT2D eigenvalue weighted by Crippen LogP contribution is 2.57. The zero-order chi connectivity index (χ0) is 22.6. The fourth-order valence-corrected chi connectivity index (χ4v) is 6.55. The summed E-state index contributed by atoms with van der Waals surface area (Å²) >= 11 is 0. The van der Waals surface area contributed by atoms with E-state index in [9.17, 15) is 10.1 Å². The van der Waals surface area contributed by atoms with Crippen LogP contribution >= 0.6 is 0 Å². The van der Waals surface area contributed by atoms with E-state index in [4.69, 9.17) is 9.47 Å². The van der Waals surface area contributed by atoms with Crippen molar-refractivity contribution in [2.45, 2.75) is 44.2 Å². The van der Waals surface area contributed by atoms with Gasteiger partial charge in [0.1, 0.15) is 5.75 Å². The number of hydrogen-bond acceptors (Lipinski definition) is 5. The molecule has 3 atom stereocenters. The Morgan fingerprint density at radius 3 is 2.79 bits per heavy atom. The number of non-ortho nitro benzene ring substituents is 1. The van der Waals surface area contributed by atoms with Gasteiger partial charge in [-0.1, -0.05) is 24.6 Å². The number of morpholine rings is 1. The third-order valence-electron chi connectivity index (χ3n) is 7.91. The smallest absolute Gasteiger partial charge is 0.269 e. The molecule has 7 heteroatoms. The van der Waals surface area contributed by atoms with Crippen LogP contribution in [0.4, 0.5) is 5.69 Å². The molecule has 172 valence electrons. The minimum atomic E-state index is -0.416. The van der Waals surface area contributed by atoms with Crippen molar-refractivity contribution in [2.75, 3.05) is 26.3 Å². The summed E-state index contributed by atoms with van der Waals surface area (Å²) in [6.45, 7) is 5.24. The zero-order valence-electron chi connectivity index (χ0n) is 18.9. The summed E-state index contributed by atoms with van der Waals surface area (Å²) in [6.07, 6.45) is 4.26. The maximum atomic E-state index is 11.7. The van der Waals surface area contributed by atoms with Crippen LogP contribution in [0.15, 0.2) is 42.5 Å². The molecule has 3 aromatic rings. The summed E-state index contributed by atoms with van der Waals surface area (Å²) in [7, 11) is 0. The topological polar surface area (TPSA) is 80.6 Å². The molecule has 1 aromatic heterocycles. The zero-order valence-corrected chi connectivity index (χ0v) is 18.9. The van der Waals surface area contributed by atoms with Crippen LogP contribution in [0.5, 0.6) is 5.75 Å². The summed E-state index contributed by atoms with van der Waals surface area (Å²) in [5.41, 5.74) is 4.13. The van der Waals surface area contributed by atoms with Gasteiger partial charge in [-0.05, 0) is 37.5 Å². The summed E-state index contributed by atoms with van der Waals surface area (Å²) in [4.78, 5) is 17.4. The van der Waals surface area contributed by atoms with Crippen molar-refractivity contribution in [1.29, 1.82) is 0 Å². The molecule has 0 radical (unpaired) electrons. The molecule has 0 spiro atoms. The summed E-state index contributed by atoms with van der Waals surface area (Å²) in [6, 6.07) is 13.5. The van der Waals surface area contributed by atoms with E-state index in [1.165, 1.54) is 10.9 Å². The van der Waals surface area contributed by atoms with Crippen LogP contribution in [-0.4, -0.2) is 46.8 Å². The van der Waals surface area contributed by atoms with Crippen LogP contribution in [0, 0.1) is 23.0 Å². The Morgan fingerprint density at radius 2 is 1.97 bits per heavy atom. The predicted octanol–water partition coefficient (Wildman–Crippen LogP) is 5.13. The highest BCUT2D eigenvalue weighted by Gasteiger charge is 2.55. The number of nitrogens with one attached hydrogen (secondary N) is 1. The number of aromatic nitrogens is 1. The van der Waals surface area contributed by atoms with Gasteiger partial charge in [-0.25, -0.2) is 0 Å². The summed E-state index contributed by atoms with van der Waals surface area (Å²) in [5, 5.41) is 12.9. The molecule has 0 amide bonds. The number of aromatic amines is 1. The molecule has 3 aliphatic rings. The first-order valence-electron chi connectivity index (χ1n) is 12.0. The van der Waals surface area contributed by atoms with Gasteiger partial charge in [-0.3, -0.25) is 15.0 Å². The number of rotatable bonds is 3. The Kier molecular flexibility index (Phi) is 4.92. The molecule has 1 N–H and O–H groups in total. The van der Waals surface area contributed by atoms with Gasteiger partial charge in [0.15, 0.2) is 5.72 Å². The highest BCUT2D eigenvalue weighted by atomic mass is 16.6. The second-order valence-corrected chi connectivity index (χ2v) is 9.56. The van der Waals surface area contributed by atoms with Crippen LogP contribution < -0.4 is 4.74 Å². The number of fused-ring (bicyclic) bond motifs is 3. The average molecular weight is 448 g/mol. The van der Waals surface area contributed by atoms with E-state index in [0.29, 0.717) is 13.2 Å². The molecule has 33 heavy (non-hydrogen) atoms. The summed E-state index contributed by atoms with van der Waals surface area (Å²) < 4.78 is 12.6. The van der Waals surface area contributed by atoms with E-state index in [-0.39, 0.29) is 22.4 Å². The van der Waals surface area contributed by atoms with E-state index in [1.807, 2.05) is 12.1 Å². The normalized spacial score (nSPS) is 27.5. The van der Waals surface area contributed by atoms with Gasteiger partial charge in [0, 0.05) is 65.6 Å². The van der Waals surface area contributed by atoms with Crippen molar-refractivity contribution >= 4 is 16.6 Å². The van der Waals surface area contributed by atoms with Crippen molar-refractivity contribution in [3.63, 3.8) is 0 Å². The Bertz CT molecular complexity index is 1220. The number of ether oxygens (including phenoxy) is 2. The first kappa shape index (κ1) is 20.7. The van der Waals surface area contributed by atoms with Crippen molar-refractivity contribution in [3.05, 3.63) is 69.4 Å². The van der Waals surface area contributed by atoms with Crippen molar-refractivity contribution in [2.24, 2.45) is 5.92 Å². The van der Waals surface area contributed by atoms with Crippen molar-refractivity contribution in [1.82, 2.24) is 9.88 Å². The van der Waals surface area contributed by atoms with E-state index in [0.717, 1.165) is 61.3 Å². The lowest BCUT2D eigenvalue weighted by Gasteiger charge is -2.56. The second-order valence-electron chi connectivity index (χ2n) is 9.56. The number of H-pyrrole nitrogens is 1. The molecule has 0 bridgehead atoms. The number of nitro groups is 1. The van der Waals surface area contributed by atoms with Gasteiger partial charge in [0.25, 0.3) is 5.69 Å². The van der Waals surface area contributed by atoms with Gasteiger partial charge in [-0.15, -0.1) is 0 Å². The third-order valence-corrected chi connectivity index (χ3v) is 7.91. The Hall–Kier alpha value is -2.90. The highest BCUT2D eigenvalue weighted by molar-refractivity contribution is 5.86.